The molecule has 1 aromatic carbocycles. The van der Waals surface area contributed by atoms with Crippen LogP contribution in [0.1, 0.15) is 23.0 Å². The molecule has 0 aliphatic rings. The van der Waals surface area contributed by atoms with Crippen LogP contribution < -0.4 is 5.32 Å². The second kappa shape index (κ2) is 6.67. The van der Waals surface area contributed by atoms with Gasteiger partial charge in [-0.1, -0.05) is 6.07 Å². The minimum Gasteiger partial charge on any atom is -0.359 e. The van der Waals surface area contributed by atoms with E-state index < -0.39 is 0 Å². The molecule has 0 fully saturated rings. The average Bonchev–Trinajstić information content (AvgIpc) is 3.32. The maximum atomic E-state index is 11.7. The van der Waals surface area contributed by atoms with E-state index in [2.05, 4.69) is 36.5 Å². The Balaban J connectivity index is 1.71. The van der Waals surface area contributed by atoms with Crippen molar-refractivity contribution in [3.8, 4) is 5.69 Å². The van der Waals surface area contributed by atoms with E-state index in [1.54, 1.807) is 22.6 Å². The Labute approximate surface area is 155 Å². The number of likely N-dealkylation sites (N-methyl/N-ethyl adjacent to an activating group) is 1. The Morgan fingerprint density at radius 2 is 2.15 bits per heavy atom. The molecule has 0 radical (unpaired) electrons. The molecule has 27 heavy (non-hydrogen) atoms. The van der Waals surface area contributed by atoms with Gasteiger partial charge in [-0.05, 0) is 24.6 Å². The SMILES string of the molecule is CNC(=O)Cc1nc(Cc2ccc3nc(C)[nH]c3c2)n(-c2cnn(C)c2)n1. The van der Waals surface area contributed by atoms with E-state index >= 15 is 0 Å². The van der Waals surface area contributed by atoms with Crippen molar-refractivity contribution >= 4 is 16.9 Å². The normalized spacial score (nSPS) is 11.2. The van der Waals surface area contributed by atoms with Crippen molar-refractivity contribution in [3.05, 3.63) is 53.6 Å². The summed E-state index contributed by atoms with van der Waals surface area (Å²) in [5.74, 6) is 1.98. The molecule has 1 amide bonds. The van der Waals surface area contributed by atoms with Crippen LogP contribution >= 0.6 is 0 Å². The van der Waals surface area contributed by atoms with Crippen molar-refractivity contribution < 1.29 is 4.79 Å². The highest BCUT2D eigenvalue weighted by Crippen LogP contribution is 2.18. The molecule has 0 unspecified atom stereocenters. The second-order valence-electron chi connectivity index (χ2n) is 6.43. The van der Waals surface area contributed by atoms with E-state index in [-0.39, 0.29) is 12.3 Å². The molecule has 3 heterocycles. The lowest BCUT2D eigenvalue weighted by Gasteiger charge is -2.03. The van der Waals surface area contributed by atoms with Gasteiger partial charge in [-0.25, -0.2) is 14.6 Å². The van der Waals surface area contributed by atoms with Gasteiger partial charge in [0.1, 0.15) is 17.3 Å². The third kappa shape index (κ3) is 3.43. The molecule has 138 valence electrons. The highest BCUT2D eigenvalue weighted by Gasteiger charge is 2.16. The number of aromatic amines is 1. The van der Waals surface area contributed by atoms with Crippen LogP contribution in [0.2, 0.25) is 0 Å². The van der Waals surface area contributed by atoms with Crippen LogP contribution in [0, 0.1) is 6.92 Å². The van der Waals surface area contributed by atoms with E-state index in [9.17, 15) is 4.79 Å². The van der Waals surface area contributed by atoms with E-state index in [1.165, 1.54) is 0 Å². The van der Waals surface area contributed by atoms with Crippen LogP contribution in [-0.2, 0) is 24.7 Å². The molecule has 9 nitrogen and oxygen atoms in total. The summed E-state index contributed by atoms with van der Waals surface area (Å²) in [5, 5.41) is 11.3. The van der Waals surface area contributed by atoms with Gasteiger partial charge < -0.3 is 10.3 Å². The van der Waals surface area contributed by atoms with Crippen LogP contribution in [0.15, 0.2) is 30.6 Å². The van der Waals surface area contributed by atoms with E-state index in [0.29, 0.717) is 12.2 Å². The van der Waals surface area contributed by atoms with Gasteiger partial charge in [-0.2, -0.15) is 10.2 Å². The van der Waals surface area contributed by atoms with Gasteiger partial charge in [0.15, 0.2) is 5.82 Å². The van der Waals surface area contributed by atoms with Crippen LogP contribution in [-0.4, -0.2) is 47.5 Å². The second-order valence-corrected chi connectivity index (χ2v) is 6.43. The zero-order chi connectivity index (χ0) is 19.0. The quantitative estimate of drug-likeness (QED) is 0.551. The highest BCUT2D eigenvalue weighted by atomic mass is 16.1. The summed E-state index contributed by atoms with van der Waals surface area (Å²) in [5.41, 5.74) is 3.81. The van der Waals surface area contributed by atoms with Crippen LogP contribution in [0.4, 0.5) is 0 Å². The summed E-state index contributed by atoms with van der Waals surface area (Å²) in [6, 6.07) is 6.09. The number of carbonyl (C=O) groups is 1. The number of imidazole rings is 1. The summed E-state index contributed by atoms with van der Waals surface area (Å²) in [6.07, 6.45) is 4.30. The molecule has 2 N–H and O–H groups in total. The predicted molar refractivity (Wildman–Crippen MR) is 99.5 cm³/mol. The van der Waals surface area contributed by atoms with Crippen LogP contribution in [0.25, 0.3) is 16.7 Å². The number of hydrogen-bond donors (Lipinski definition) is 2. The molecular weight excluding hydrogens is 344 g/mol. The van der Waals surface area contributed by atoms with Crippen LogP contribution in [0.3, 0.4) is 0 Å². The first-order valence-corrected chi connectivity index (χ1v) is 8.61. The number of hydrogen-bond acceptors (Lipinski definition) is 5. The minimum absolute atomic E-state index is 0.126. The third-order valence-electron chi connectivity index (χ3n) is 4.28. The van der Waals surface area contributed by atoms with E-state index in [4.69, 9.17) is 0 Å². The maximum absolute atomic E-state index is 11.7. The van der Waals surface area contributed by atoms with Gasteiger partial charge >= 0.3 is 0 Å². The molecule has 0 aliphatic carbocycles. The number of aromatic nitrogens is 7. The van der Waals surface area contributed by atoms with Gasteiger partial charge in [0.05, 0.1) is 29.8 Å². The fraction of sp³-hybridized carbons (Fsp3) is 0.278. The molecule has 4 aromatic rings. The van der Waals surface area contributed by atoms with E-state index in [0.717, 1.165) is 33.9 Å². The zero-order valence-corrected chi connectivity index (χ0v) is 15.4. The molecule has 0 atom stereocenters. The Kier molecular flexibility index (Phi) is 4.19. The van der Waals surface area contributed by atoms with Crippen molar-refractivity contribution in [2.45, 2.75) is 19.8 Å². The maximum Gasteiger partial charge on any atom is 0.227 e. The smallest absolute Gasteiger partial charge is 0.227 e. The summed E-state index contributed by atoms with van der Waals surface area (Å²) in [7, 11) is 3.45. The number of fused-ring (bicyclic) bond motifs is 1. The third-order valence-corrected chi connectivity index (χ3v) is 4.28. The van der Waals surface area contributed by atoms with Crippen molar-refractivity contribution in [1.82, 2.24) is 39.8 Å². The Morgan fingerprint density at radius 1 is 1.30 bits per heavy atom. The number of nitrogens with one attached hydrogen (secondary N) is 2. The Bertz CT molecular complexity index is 1120. The lowest BCUT2D eigenvalue weighted by molar-refractivity contribution is -0.120. The van der Waals surface area contributed by atoms with Crippen molar-refractivity contribution in [1.29, 1.82) is 0 Å². The largest absolute Gasteiger partial charge is 0.359 e. The van der Waals surface area contributed by atoms with Gasteiger partial charge in [-0.3, -0.25) is 9.48 Å². The minimum atomic E-state index is -0.126. The summed E-state index contributed by atoms with van der Waals surface area (Å²) >= 11 is 0. The summed E-state index contributed by atoms with van der Waals surface area (Å²) < 4.78 is 3.45. The lowest BCUT2D eigenvalue weighted by atomic mass is 10.1. The molecule has 0 bridgehead atoms. The first kappa shape index (κ1) is 17.0. The fourth-order valence-electron chi connectivity index (χ4n) is 3.01. The van der Waals surface area contributed by atoms with Gasteiger partial charge in [0, 0.05) is 20.5 Å². The van der Waals surface area contributed by atoms with Crippen molar-refractivity contribution in [3.63, 3.8) is 0 Å². The number of carbonyl (C=O) groups excluding carboxylic acids is 1. The molecule has 0 saturated carbocycles. The van der Waals surface area contributed by atoms with E-state index in [1.807, 2.05) is 32.3 Å². The van der Waals surface area contributed by atoms with Gasteiger partial charge in [0.25, 0.3) is 0 Å². The van der Waals surface area contributed by atoms with Crippen molar-refractivity contribution in [2.24, 2.45) is 7.05 Å². The number of aryl methyl sites for hydroxylation is 2. The topological polar surface area (TPSA) is 106 Å². The molecule has 0 saturated heterocycles. The Hall–Kier alpha value is -3.49. The number of H-pyrrole nitrogens is 1. The summed E-state index contributed by atoms with van der Waals surface area (Å²) in [4.78, 5) is 24.0. The molecule has 3 aromatic heterocycles. The first-order valence-electron chi connectivity index (χ1n) is 8.61. The predicted octanol–water partition coefficient (Wildman–Crippen LogP) is 1.06. The average molecular weight is 364 g/mol. The lowest BCUT2D eigenvalue weighted by Crippen LogP contribution is -2.20. The number of benzene rings is 1. The van der Waals surface area contributed by atoms with Gasteiger partial charge in [0.2, 0.25) is 5.91 Å². The number of amides is 1. The molecule has 4 rings (SSSR count). The fourth-order valence-corrected chi connectivity index (χ4v) is 3.01. The van der Waals surface area contributed by atoms with Gasteiger partial charge in [-0.15, -0.1) is 0 Å². The molecule has 0 aliphatic heterocycles. The van der Waals surface area contributed by atoms with Crippen molar-refractivity contribution in [2.75, 3.05) is 7.05 Å². The molecule has 9 heteroatoms. The standard InChI is InChI=1S/C18H20N8O/c1-11-21-14-5-4-12(6-15(14)22-11)7-17-23-16(8-18(27)19-2)24-26(17)13-9-20-25(3)10-13/h4-6,9-10H,7-8H2,1-3H3,(H,19,27)(H,21,22). The number of rotatable bonds is 5. The number of nitrogens with zero attached hydrogens (tertiary/aromatic N) is 6. The summed E-state index contributed by atoms with van der Waals surface area (Å²) in [6.45, 7) is 1.93. The highest BCUT2D eigenvalue weighted by molar-refractivity contribution is 5.77. The molecular formula is C18H20N8O. The van der Waals surface area contributed by atoms with Crippen LogP contribution in [0.5, 0.6) is 0 Å². The first-order chi connectivity index (χ1) is 13.0. The monoisotopic (exact) mass is 364 g/mol. The zero-order valence-electron chi connectivity index (χ0n) is 15.4. The molecule has 0 spiro atoms. The Morgan fingerprint density at radius 3 is 2.89 bits per heavy atom.